The lowest BCUT2D eigenvalue weighted by molar-refractivity contribution is 0.594. The Balaban J connectivity index is 2.02. The first-order chi connectivity index (χ1) is 10.4. The van der Waals surface area contributed by atoms with Crippen LogP contribution in [0.1, 0.15) is 11.1 Å². The predicted octanol–water partition coefficient (Wildman–Crippen LogP) is 3.53. The van der Waals surface area contributed by atoms with E-state index in [0.29, 0.717) is 16.1 Å². The van der Waals surface area contributed by atoms with Gasteiger partial charge in [-0.05, 0) is 42.3 Å². The molecule has 0 amide bonds. The zero-order valence-corrected chi connectivity index (χ0v) is 14.0. The molecule has 4 nitrogen and oxygen atoms in total. The minimum Gasteiger partial charge on any atom is -0.312 e. The van der Waals surface area contributed by atoms with E-state index in [1.165, 1.54) is 0 Å². The predicted molar refractivity (Wildman–Crippen MR) is 89.5 cm³/mol. The minimum atomic E-state index is -3.50. The molecule has 0 saturated heterocycles. The third-order valence-corrected chi connectivity index (χ3v) is 6.48. The van der Waals surface area contributed by atoms with E-state index in [0.717, 1.165) is 21.6 Å². The molecule has 1 N–H and O–H groups in total. The normalized spacial score (nSPS) is 11.9. The summed E-state index contributed by atoms with van der Waals surface area (Å²) in [6.07, 6.45) is 0. The van der Waals surface area contributed by atoms with Crippen LogP contribution in [0.2, 0.25) is 5.02 Å². The van der Waals surface area contributed by atoms with E-state index in [4.69, 9.17) is 11.6 Å². The molecule has 0 atom stereocenters. The summed E-state index contributed by atoms with van der Waals surface area (Å²) in [7, 11) is -3.50. The summed E-state index contributed by atoms with van der Waals surface area (Å²) in [6.45, 7) is 1.69. The Labute approximate surface area is 136 Å². The number of fused-ring (bicyclic) bond motifs is 1. The number of thiazole rings is 1. The maximum Gasteiger partial charge on any atom is 0.305 e. The molecule has 0 aliphatic heterocycles. The second kappa shape index (κ2) is 5.53. The summed E-state index contributed by atoms with van der Waals surface area (Å²) in [5, 5.41) is 0.431. The highest BCUT2D eigenvalue weighted by molar-refractivity contribution is 7.90. The number of halogens is 1. The van der Waals surface area contributed by atoms with E-state index >= 15 is 0 Å². The number of hydrogen-bond acceptors (Lipinski definition) is 4. The van der Waals surface area contributed by atoms with Crippen LogP contribution in [0.3, 0.4) is 0 Å². The lowest BCUT2D eigenvalue weighted by Crippen LogP contribution is -2.07. The number of H-pyrrole nitrogens is 1. The molecule has 1 aromatic heterocycles. The van der Waals surface area contributed by atoms with Gasteiger partial charge < -0.3 is 4.98 Å². The highest BCUT2D eigenvalue weighted by Crippen LogP contribution is 2.26. The highest BCUT2D eigenvalue weighted by Gasteiger charge is 2.19. The Morgan fingerprint density at radius 2 is 2.00 bits per heavy atom. The second-order valence-electron chi connectivity index (χ2n) is 4.97. The molecule has 0 saturated carbocycles. The molecule has 0 fully saturated rings. The van der Waals surface area contributed by atoms with Crippen LogP contribution in [0, 0.1) is 6.92 Å². The fraction of sp³-hybridized carbons (Fsp3) is 0.133. The molecule has 0 unspecified atom stereocenters. The molecule has 1 heterocycles. The van der Waals surface area contributed by atoms with Crippen molar-refractivity contribution in [2.75, 3.05) is 0 Å². The molecule has 3 rings (SSSR count). The topological polar surface area (TPSA) is 67.0 Å². The van der Waals surface area contributed by atoms with Crippen molar-refractivity contribution >= 4 is 43.0 Å². The van der Waals surface area contributed by atoms with Crippen molar-refractivity contribution in [2.24, 2.45) is 0 Å². The number of rotatable bonds is 3. The molecule has 0 aliphatic rings. The molecule has 22 heavy (non-hydrogen) atoms. The molecule has 114 valence electrons. The summed E-state index contributed by atoms with van der Waals surface area (Å²) in [5.41, 5.74) is 1.91. The SMILES string of the molecule is Cc1c(Cl)cccc1S(=O)(=O)Cc1ccc2[nH]c(=O)sc2c1. The number of hydrogen-bond donors (Lipinski definition) is 1. The van der Waals surface area contributed by atoms with Gasteiger partial charge in [0, 0.05) is 5.02 Å². The zero-order valence-electron chi connectivity index (χ0n) is 11.6. The van der Waals surface area contributed by atoms with E-state index in [-0.39, 0.29) is 15.5 Å². The number of aromatic amines is 1. The fourth-order valence-electron chi connectivity index (χ4n) is 2.30. The molecule has 0 bridgehead atoms. The van der Waals surface area contributed by atoms with Gasteiger partial charge in [-0.15, -0.1) is 0 Å². The quantitative estimate of drug-likeness (QED) is 0.783. The van der Waals surface area contributed by atoms with Crippen molar-refractivity contribution < 1.29 is 8.42 Å². The van der Waals surface area contributed by atoms with Crippen molar-refractivity contribution in [3.05, 3.63) is 62.2 Å². The molecule has 0 spiro atoms. The monoisotopic (exact) mass is 353 g/mol. The average molecular weight is 354 g/mol. The van der Waals surface area contributed by atoms with Crippen molar-refractivity contribution in [3.63, 3.8) is 0 Å². The highest BCUT2D eigenvalue weighted by atomic mass is 35.5. The Hall–Kier alpha value is -1.63. The van der Waals surface area contributed by atoms with Gasteiger partial charge in [0.15, 0.2) is 9.84 Å². The maximum atomic E-state index is 12.6. The van der Waals surface area contributed by atoms with Gasteiger partial charge in [0.25, 0.3) is 0 Å². The van der Waals surface area contributed by atoms with Gasteiger partial charge in [0.05, 0.1) is 20.9 Å². The van der Waals surface area contributed by atoms with Crippen molar-refractivity contribution in [2.45, 2.75) is 17.6 Å². The largest absolute Gasteiger partial charge is 0.312 e. The van der Waals surface area contributed by atoms with Gasteiger partial charge in [-0.3, -0.25) is 4.79 Å². The van der Waals surface area contributed by atoms with E-state index in [1.54, 1.807) is 43.3 Å². The lowest BCUT2D eigenvalue weighted by atomic mass is 10.2. The van der Waals surface area contributed by atoms with Crippen LogP contribution in [0.5, 0.6) is 0 Å². The van der Waals surface area contributed by atoms with Crippen LogP contribution in [0.4, 0.5) is 0 Å². The summed E-state index contributed by atoms with van der Waals surface area (Å²) >= 11 is 7.07. The number of sulfone groups is 1. The lowest BCUT2D eigenvalue weighted by Gasteiger charge is -2.09. The number of aromatic nitrogens is 1. The van der Waals surface area contributed by atoms with Gasteiger partial charge in [0.1, 0.15) is 0 Å². The molecule has 0 radical (unpaired) electrons. The second-order valence-corrected chi connectivity index (χ2v) is 8.35. The Kier molecular flexibility index (Phi) is 3.84. The van der Waals surface area contributed by atoms with Gasteiger partial charge in [-0.25, -0.2) is 8.42 Å². The van der Waals surface area contributed by atoms with Crippen molar-refractivity contribution in [1.82, 2.24) is 4.98 Å². The van der Waals surface area contributed by atoms with E-state index < -0.39 is 9.84 Å². The fourth-order valence-corrected chi connectivity index (χ4v) is 4.97. The van der Waals surface area contributed by atoms with Crippen LogP contribution < -0.4 is 4.87 Å². The summed E-state index contributed by atoms with van der Waals surface area (Å²) < 4.78 is 25.9. The molecule has 0 aliphatic carbocycles. The standard InChI is InChI=1S/C15H12ClNO3S2/c1-9-11(16)3-2-4-14(9)22(19,20)8-10-5-6-12-13(7-10)21-15(18)17-12/h2-7H,8H2,1H3,(H,17,18). The van der Waals surface area contributed by atoms with Gasteiger partial charge >= 0.3 is 4.87 Å². The average Bonchev–Trinajstić information content (AvgIpc) is 2.80. The maximum absolute atomic E-state index is 12.6. The molecular formula is C15H12ClNO3S2. The Morgan fingerprint density at radius 1 is 1.23 bits per heavy atom. The molecule has 2 aromatic carbocycles. The van der Waals surface area contributed by atoms with Crippen LogP contribution in [0.25, 0.3) is 10.2 Å². The Bertz CT molecular complexity index is 1020. The smallest absolute Gasteiger partial charge is 0.305 e. The van der Waals surface area contributed by atoms with Crippen LogP contribution in [-0.4, -0.2) is 13.4 Å². The number of benzene rings is 2. The van der Waals surface area contributed by atoms with Gasteiger partial charge in [-0.1, -0.05) is 35.1 Å². The minimum absolute atomic E-state index is 0.129. The zero-order chi connectivity index (χ0) is 15.9. The van der Waals surface area contributed by atoms with Gasteiger partial charge in [-0.2, -0.15) is 0 Å². The Morgan fingerprint density at radius 3 is 2.77 bits per heavy atom. The van der Waals surface area contributed by atoms with E-state index in [2.05, 4.69) is 4.98 Å². The third kappa shape index (κ3) is 2.82. The molecule has 3 aromatic rings. The summed E-state index contributed by atoms with van der Waals surface area (Å²) in [6, 6.07) is 10.0. The van der Waals surface area contributed by atoms with E-state index in [9.17, 15) is 13.2 Å². The first kappa shape index (κ1) is 15.3. The van der Waals surface area contributed by atoms with Crippen LogP contribution >= 0.6 is 22.9 Å². The van der Waals surface area contributed by atoms with Crippen molar-refractivity contribution in [3.8, 4) is 0 Å². The first-order valence-corrected chi connectivity index (χ1v) is 9.31. The van der Waals surface area contributed by atoms with Crippen molar-refractivity contribution in [1.29, 1.82) is 0 Å². The van der Waals surface area contributed by atoms with Crippen LogP contribution in [0.15, 0.2) is 46.1 Å². The molecular weight excluding hydrogens is 342 g/mol. The van der Waals surface area contributed by atoms with Crippen LogP contribution in [-0.2, 0) is 15.6 Å². The third-order valence-electron chi connectivity index (χ3n) is 3.40. The molecule has 7 heteroatoms. The summed E-state index contributed by atoms with van der Waals surface area (Å²) in [4.78, 5) is 14.1. The number of nitrogens with one attached hydrogen (secondary N) is 1. The van der Waals surface area contributed by atoms with E-state index in [1.807, 2.05) is 0 Å². The first-order valence-electron chi connectivity index (χ1n) is 6.46. The van der Waals surface area contributed by atoms with Gasteiger partial charge in [0.2, 0.25) is 0 Å². The summed E-state index contributed by atoms with van der Waals surface area (Å²) in [5.74, 6) is -0.129.